The number of H-pyrrole nitrogens is 2. The van der Waals surface area contributed by atoms with E-state index in [1.165, 1.54) is 0 Å². The normalized spacial score (nSPS) is 12.0. The van der Waals surface area contributed by atoms with Crippen molar-refractivity contribution in [2.45, 2.75) is 58.2 Å². The highest BCUT2D eigenvalue weighted by Crippen LogP contribution is 2.19. The molecule has 0 aliphatic carbocycles. The van der Waals surface area contributed by atoms with Gasteiger partial charge >= 0.3 is 18.0 Å². The zero-order valence-electron chi connectivity index (χ0n) is 25.1. The zero-order valence-corrected chi connectivity index (χ0v) is 25.9. The number of ether oxygens (including phenoxy) is 2. The van der Waals surface area contributed by atoms with Gasteiger partial charge in [0.2, 0.25) is 0 Å². The van der Waals surface area contributed by atoms with Crippen molar-refractivity contribution in [2.75, 3.05) is 6.61 Å². The molecule has 2 heterocycles. The van der Waals surface area contributed by atoms with Gasteiger partial charge in [-0.1, -0.05) is 36.4 Å². The summed E-state index contributed by atoms with van der Waals surface area (Å²) in [4.78, 5) is 34.7. The summed E-state index contributed by atoms with van der Waals surface area (Å²) in [6.45, 7) is 7.27. The van der Waals surface area contributed by atoms with Gasteiger partial charge in [-0.05, 0) is 80.6 Å². The molecule has 0 bridgehead atoms. The molecule has 1 amide bonds. The zero-order chi connectivity index (χ0) is 31.4. The highest BCUT2D eigenvalue weighted by Gasteiger charge is 2.24. The third-order valence-electron chi connectivity index (χ3n) is 5.95. The molecule has 0 unspecified atom stereocenters. The van der Waals surface area contributed by atoms with Crippen LogP contribution in [0.5, 0.6) is 0 Å². The Morgan fingerprint density at radius 3 is 1.86 bits per heavy atom. The van der Waals surface area contributed by atoms with Gasteiger partial charge in [-0.15, -0.1) is 12.4 Å². The number of carbonyl (C=O) groups is 3. The van der Waals surface area contributed by atoms with Crippen molar-refractivity contribution >= 4 is 30.4 Å². The number of aliphatic carboxylic acids is 1. The summed E-state index contributed by atoms with van der Waals surface area (Å²) in [6, 6.07) is 17.3. The molecular formula is C31H39ClN6O6. The number of aromatic amines is 2. The Balaban J connectivity index is 0.000000307. The topological polar surface area (TPSA) is 185 Å². The molecular weight excluding hydrogens is 588 g/mol. The summed E-state index contributed by atoms with van der Waals surface area (Å²) in [5, 5.41) is 25.3. The third kappa shape index (κ3) is 11.5. The van der Waals surface area contributed by atoms with Crippen molar-refractivity contribution in [1.82, 2.24) is 25.7 Å². The predicted octanol–water partition coefficient (Wildman–Crippen LogP) is 4.53. The number of nitrogens with zero attached hydrogens (tertiary/aromatic N) is 2. The van der Waals surface area contributed by atoms with Crippen molar-refractivity contribution in [2.24, 2.45) is 5.73 Å². The monoisotopic (exact) mass is 626 g/mol. The number of esters is 1. The quantitative estimate of drug-likeness (QED) is 0.158. The molecule has 4 rings (SSSR count). The lowest BCUT2D eigenvalue weighted by Crippen LogP contribution is -2.44. The standard InChI is InChI=1S/C17H21N3O4.C14H17N3O2.ClH/c1-17(2,3)24-16(23)19-14(15(21)22)10-11-5-4-6-12(9-11)13-7-8-18-20-13;1-2-19-14(18)12(15)9-10-4-3-5-11(8-10)13-6-7-16-17-13;/h4-9,14H,10H2,1-3H3,(H,18,20)(H,19,23)(H,21,22);3-8,12H,2,9,15H2,1H3,(H,16,17);1H/t14-;12-;/m11./s1. The van der Waals surface area contributed by atoms with Crippen LogP contribution in [0.4, 0.5) is 4.79 Å². The molecule has 12 nitrogen and oxygen atoms in total. The van der Waals surface area contributed by atoms with Gasteiger partial charge in [0.25, 0.3) is 0 Å². The van der Waals surface area contributed by atoms with Crippen LogP contribution in [0, 0.1) is 0 Å². The number of rotatable bonds is 10. The number of hydrogen-bond acceptors (Lipinski definition) is 8. The Morgan fingerprint density at radius 2 is 1.43 bits per heavy atom. The second-order valence-corrected chi connectivity index (χ2v) is 10.6. The number of carbonyl (C=O) groups excluding carboxylic acids is 2. The number of amides is 1. The molecule has 2 atom stereocenters. The van der Waals surface area contributed by atoms with Crippen LogP contribution < -0.4 is 11.1 Å². The maximum absolute atomic E-state index is 11.8. The molecule has 0 spiro atoms. The molecule has 13 heteroatoms. The molecule has 0 aliphatic heterocycles. The van der Waals surface area contributed by atoms with E-state index in [2.05, 4.69) is 25.7 Å². The molecule has 0 radical (unpaired) electrons. The first-order valence-corrected chi connectivity index (χ1v) is 13.8. The van der Waals surface area contributed by atoms with Crippen LogP contribution in [-0.2, 0) is 31.9 Å². The summed E-state index contributed by atoms with van der Waals surface area (Å²) >= 11 is 0. The van der Waals surface area contributed by atoms with Crippen LogP contribution in [0.3, 0.4) is 0 Å². The minimum Gasteiger partial charge on any atom is -0.480 e. The number of nitrogens with one attached hydrogen (secondary N) is 3. The molecule has 6 N–H and O–H groups in total. The average Bonchev–Trinajstić information content (AvgIpc) is 3.68. The van der Waals surface area contributed by atoms with Gasteiger partial charge in [0.1, 0.15) is 17.7 Å². The maximum atomic E-state index is 11.8. The van der Waals surface area contributed by atoms with Gasteiger partial charge < -0.3 is 25.6 Å². The highest BCUT2D eigenvalue weighted by atomic mass is 35.5. The van der Waals surface area contributed by atoms with Crippen LogP contribution in [0.1, 0.15) is 38.8 Å². The van der Waals surface area contributed by atoms with E-state index in [0.29, 0.717) is 13.0 Å². The second-order valence-electron chi connectivity index (χ2n) is 10.6. The first-order chi connectivity index (χ1) is 20.4. The molecule has 0 saturated carbocycles. The van der Waals surface area contributed by atoms with E-state index in [0.717, 1.165) is 33.6 Å². The number of nitrogens with two attached hydrogens (primary N) is 1. The summed E-state index contributed by atoms with van der Waals surface area (Å²) in [7, 11) is 0. The largest absolute Gasteiger partial charge is 0.480 e. The van der Waals surface area contributed by atoms with Gasteiger partial charge in [-0.3, -0.25) is 15.0 Å². The Morgan fingerprint density at radius 1 is 0.909 bits per heavy atom. The van der Waals surface area contributed by atoms with E-state index in [9.17, 15) is 19.5 Å². The lowest BCUT2D eigenvalue weighted by molar-refractivity contribution is -0.144. The Kier molecular flexibility index (Phi) is 13.6. The number of benzene rings is 2. The fourth-order valence-electron chi connectivity index (χ4n) is 4.04. The summed E-state index contributed by atoms with van der Waals surface area (Å²) in [6.07, 6.45) is 3.20. The highest BCUT2D eigenvalue weighted by molar-refractivity contribution is 5.85. The Bertz CT molecular complexity index is 1470. The van der Waals surface area contributed by atoms with Gasteiger partial charge in [0, 0.05) is 18.8 Å². The molecule has 44 heavy (non-hydrogen) atoms. The van der Waals surface area contributed by atoms with Crippen LogP contribution in [0.15, 0.2) is 73.1 Å². The van der Waals surface area contributed by atoms with Crippen LogP contribution in [-0.4, -0.2) is 67.8 Å². The predicted molar refractivity (Wildman–Crippen MR) is 168 cm³/mol. The number of carboxylic acids is 1. The van der Waals surface area contributed by atoms with Crippen LogP contribution in [0.25, 0.3) is 22.5 Å². The molecule has 4 aromatic rings. The molecule has 236 valence electrons. The molecule has 0 aliphatic rings. The van der Waals surface area contributed by atoms with E-state index in [-0.39, 0.29) is 24.8 Å². The van der Waals surface area contributed by atoms with E-state index in [1.54, 1.807) is 40.1 Å². The van der Waals surface area contributed by atoms with E-state index < -0.39 is 29.7 Å². The second kappa shape index (κ2) is 16.8. The lowest BCUT2D eigenvalue weighted by atomic mass is 10.0. The number of alkyl carbamates (subject to hydrolysis) is 1. The van der Waals surface area contributed by atoms with Crippen molar-refractivity contribution in [3.8, 4) is 22.5 Å². The van der Waals surface area contributed by atoms with E-state index >= 15 is 0 Å². The van der Waals surface area contributed by atoms with Crippen molar-refractivity contribution in [3.63, 3.8) is 0 Å². The van der Waals surface area contributed by atoms with Gasteiger partial charge in [0.05, 0.1) is 18.0 Å². The molecule has 0 fully saturated rings. The summed E-state index contributed by atoms with van der Waals surface area (Å²) < 4.78 is 10.0. The Labute approximate surface area is 262 Å². The minimum atomic E-state index is -1.12. The number of carboxylic acid groups (broad SMARTS) is 1. The first-order valence-electron chi connectivity index (χ1n) is 13.8. The van der Waals surface area contributed by atoms with Crippen LogP contribution >= 0.6 is 12.4 Å². The van der Waals surface area contributed by atoms with Gasteiger partial charge in [0.15, 0.2) is 0 Å². The van der Waals surface area contributed by atoms with E-state index in [1.807, 2.05) is 60.7 Å². The number of hydrogen-bond donors (Lipinski definition) is 5. The molecule has 2 aromatic carbocycles. The Hall–Kier alpha value is -4.68. The maximum Gasteiger partial charge on any atom is 0.408 e. The van der Waals surface area contributed by atoms with Crippen molar-refractivity contribution in [3.05, 3.63) is 84.2 Å². The van der Waals surface area contributed by atoms with Crippen molar-refractivity contribution < 1.29 is 29.0 Å². The van der Waals surface area contributed by atoms with Crippen LogP contribution in [0.2, 0.25) is 0 Å². The third-order valence-corrected chi connectivity index (χ3v) is 5.95. The van der Waals surface area contributed by atoms with E-state index in [4.69, 9.17) is 15.2 Å². The SMILES string of the molecule is CC(C)(C)OC(=O)N[C@H](Cc1cccc(-c2ccn[nH]2)c1)C(=O)O.CCOC(=O)[C@H](N)Cc1cccc(-c2ccn[nH]2)c1.Cl. The van der Waals surface area contributed by atoms with Crippen molar-refractivity contribution in [1.29, 1.82) is 0 Å². The molecule has 2 aromatic heterocycles. The minimum absolute atomic E-state index is 0. The number of halogens is 1. The smallest absolute Gasteiger partial charge is 0.408 e. The fourth-order valence-corrected chi connectivity index (χ4v) is 4.04. The lowest BCUT2D eigenvalue weighted by Gasteiger charge is -2.22. The summed E-state index contributed by atoms with van der Waals surface area (Å²) in [5.74, 6) is -1.48. The fraction of sp³-hybridized carbons (Fsp3) is 0.323. The van der Waals surface area contributed by atoms with Gasteiger partial charge in [-0.2, -0.15) is 10.2 Å². The van der Waals surface area contributed by atoms with Gasteiger partial charge in [-0.25, -0.2) is 9.59 Å². The summed E-state index contributed by atoms with van der Waals surface area (Å²) in [5.41, 5.74) is 10.6. The molecule has 0 saturated heterocycles. The number of aromatic nitrogens is 4. The first kappa shape index (κ1) is 35.5. The average molecular weight is 627 g/mol.